The van der Waals surface area contributed by atoms with E-state index in [1.165, 1.54) is 28.3 Å². The molecule has 5 rings (SSSR count). The molecule has 0 spiro atoms. The molecule has 0 bridgehead atoms. The number of nitrogens with one attached hydrogen (secondary N) is 1. The number of rotatable bonds is 6. The monoisotopic (exact) mass is 435 g/mol. The van der Waals surface area contributed by atoms with E-state index in [0.29, 0.717) is 5.75 Å². The van der Waals surface area contributed by atoms with E-state index in [1.54, 1.807) is 29.2 Å². The molecule has 28 heavy (non-hydrogen) atoms. The van der Waals surface area contributed by atoms with Crippen LogP contribution in [0.1, 0.15) is 41.9 Å². The number of thioether (sulfide) groups is 1. The molecule has 1 aliphatic carbocycles. The molecule has 3 aromatic heterocycles. The normalized spacial score (nSPS) is 19.2. The summed E-state index contributed by atoms with van der Waals surface area (Å²) in [7, 11) is 0. The Morgan fingerprint density at radius 1 is 1.25 bits per heavy atom. The van der Waals surface area contributed by atoms with E-state index in [-0.39, 0.29) is 11.7 Å². The number of ether oxygens (including phenoxy) is 1. The zero-order valence-corrected chi connectivity index (χ0v) is 17.8. The highest BCUT2D eigenvalue weighted by Gasteiger charge is 2.19. The Bertz CT molecular complexity index is 1040. The lowest BCUT2D eigenvalue weighted by atomic mass is 10.0. The van der Waals surface area contributed by atoms with Gasteiger partial charge in [0.1, 0.15) is 0 Å². The number of anilines is 1. The summed E-state index contributed by atoms with van der Waals surface area (Å²) in [6, 6.07) is 1.67. The van der Waals surface area contributed by atoms with Gasteiger partial charge in [0.05, 0.1) is 11.8 Å². The fourth-order valence-electron chi connectivity index (χ4n) is 3.70. The molecule has 148 valence electrons. The SMILES string of the molecule is O=c1cc(CSc2nnc(NCC3CCCO3)s2)nc2sc3c(n12)CCCC3. The summed E-state index contributed by atoms with van der Waals surface area (Å²) in [5, 5.41) is 12.5. The summed E-state index contributed by atoms with van der Waals surface area (Å²) in [5.41, 5.74) is 2.02. The first-order valence-corrected chi connectivity index (χ1v) is 12.2. The summed E-state index contributed by atoms with van der Waals surface area (Å²) < 4.78 is 8.30. The van der Waals surface area contributed by atoms with E-state index in [2.05, 4.69) is 15.5 Å². The van der Waals surface area contributed by atoms with Crippen molar-refractivity contribution < 1.29 is 4.74 Å². The summed E-state index contributed by atoms with van der Waals surface area (Å²) in [6.07, 6.45) is 6.93. The van der Waals surface area contributed by atoms with Crippen LogP contribution in [0.25, 0.3) is 4.96 Å². The van der Waals surface area contributed by atoms with Crippen LogP contribution in [-0.4, -0.2) is 38.8 Å². The Labute approximate surface area is 174 Å². The van der Waals surface area contributed by atoms with Crippen LogP contribution in [0.4, 0.5) is 5.13 Å². The third-order valence-corrected chi connectivity index (χ3v) is 8.26. The van der Waals surface area contributed by atoms with E-state index in [4.69, 9.17) is 9.72 Å². The Hall–Kier alpha value is -1.49. The van der Waals surface area contributed by atoms with Gasteiger partial charge in [-0.2, -0.15) is 0 Å². The number of nitrogens with zero attached hydrogens (tertiary/aromatic N) is 4. The molecule has 0 aromatic carbocycles. The number of aromatic nitrogens is 4. The van der Waals surface area contributed by atoms with Gasteiger partial charge in [-0.3, -0.25) is 9.20 Å². The molecular weight excluding hydrogens is 414 g/mol. The number of hydrogen-bond acceptors (Lipinski definition) is 9. The second-order valence-electron chi connectivity index (χ2n) is 7.06. The lowest BCUT2D eigenvalue weighted by molar-refractivity contribution is 0.120. The van der Waals surface area contributed by atoms with Crippen molar-refractivity contribution in [1.29, 1.82) is 0 Å². The summed E-state index contributed by atoms with van der Waals surface area (Å²) in [5.74, 6) is 0.620. The highest BCUT2D eigenvalue weighted by Crippen LogP contribution is 2.30. The van der Waals surface area contributed by atoms with Gasteiger partial charge in [-0.25, -0.2) is 4.98 Å². The molecule has 0 saturated carbocycles. The van der Waals surface area contributed by atoms with Crippen molar-refractivity contribution in [2.24, 2.45) is 0 Å². The van der Waals surface area contributed by atoms with Gasteiger partial charge < -0.3 is 10.1 Å². The van der Waals surface area contributed by atoms with Gasteiger partial charge in [0.25, 0.3) is 5.56 Å². The highest BCUT2D eigenvalue weighted by atomic mass is 32.2. The lowest BCUT2D eigenvalue weighted by Gasteiger charge is -2.10. The predicted octanol–water partition coefficient (Wildman–Crippen LogP) is 3.37. The van der Waals surface area contributed by atoms with Gasteiger partial charge in [-0.15, -0.1) is 21.5 Å². The zero-order valence-electron chi connectivity index (χ0n) is 15.3. The van der Waals surface area contributed by atoms with Crippen LogP contribution >= 0.6 is 34.4 Å². The Morgan fingerprint density at radius 2 is 2.18 bits per heavy atom. The maximum Gasteiger partial charge on any atom is 0.259 e. The first-order valence-electron chi connectivity index (χ1n) is 9.61. The van der Waals surface area contributed by atoms with Gasteiger partial charge in [0.15, 0.2) is 9.30 Å². The Morgan fingerprint density at radius 3 is 3.07 bits per heavy atom. The second-order valence-corrected chi connectivity index (χ2v) is 10.3. The zero-order chi connectivity index (χ0) is 18.9. The van der Waals surface area contributed by atoms with Crippen LogP contribution in [0.15, 0.2) is 15.2 Å². The van der Waals surface area contributed by atoms with Crippen LogP contribution in [0.2, 0.25) is 0 Å². The van der Waals surface area contributed by atoms with Gasteiger partial charge in [0, 0.05) is 35.5 Å². The molecule has 1 saturated heterocycles. The molecule has 3 aromatic rings. The molecule has 0 amide bonds. The average molecular weight is 436 g/mol. The van der Waals surface area contributed by atoms with Gasteiger partial charge >= 0.3 is 0 Å². The molecule has 7 nitrogen and oxygen atoms in total. The van der Waals surface area contributed by atoms with Crippen LogP contribution in [0, 0.1) is 0 Å². The largest absolute Gasteiger partial charge is 0.376 e. The van der Waals surface area contributed by atoms with Crippen LogP contribution < -0.4 is 10.9 Å². The number of thiazole rings is 1. The Kier molecular flexibility index (Phi) is 5.36. The van der Waals surface area contributed by atoms with E-state index >= 15 is 0 Å². The molecule has 1 atom stereocenters. The molecule has 2 aliphatic rings. The van der Waals surface area contributed by atoms with Crippen molar-refractivity contribution in [3.63, 3.8) is 0 Å². The standard InChI is InChI=1S/C18H21N5O2S3/c24-15-8-11(20-17-23(15)13-5-1-2-6-14(13)27-17)10-26-18-22-21-16(28-18)19-9-12-4-3-7-25-12/h8,12H,1-7,9-10H2,(H,19,21). The van der Waals surface area contributed by atoms with Crippen molar-refractivity contribution in [3.05, 3.63) is 32.7 Å². The fourth-order valence-corrected chi connectivity index (χ4v) is 6.58. The number of fused-ring (bicyclic) bond motifs is 3. The molecular formula is C18H21N5O2S3. The highest BCUT2D eigenvalue weighted by molar-refractivity contribution is 8.00. The van der Waals surface area contributed by atoms with Crippen molar-refractivity contribution in [1.82, 2.24) is 19.6 Å². The molecule has 0 radical (unpaired) electrons. The van der Waals surface area contributed by atoms with Gasteiger partial charge in [-0.1, -0.05) is 23.1 Å². The quantitative estimate of drug-likeness (QED) is 0.595. The summed E-state index contributed by atoms with van der Waals surface area (Å²) in [4.78, 5) is 19.5. The van der Waals surface area contributed by atoms with E-state index in [0.717, 1.165) is 65.4 Å². The smallest absolute Gasteiger partial charge is 0.259 e. The van der Waals surface area contributed by atoms with Crippen molar-refractivity contribution in [2.45, 2.75) is 54.7 Å². The molecule has 1 aliphatic heterocycles. The first kappa shape index (κ1) is 18.5. The van der Waals surface area contributed by atoms with Crippen molar-refractivity contribution in [3.8, 4) is 0 Å². The minimum absolute atomic E-state index is 0.0381. The Balaban J connectivity index is 1.25. The van der Waals surface area contributed by atoms with E-state index in [1.807, 2.05) is 4.40 Å². The molecule has 1 fully saturated rings. The molecule has 1 N–H and O–H groups in total. The maximum atomic E-state index is 12.6. The van der Waals surface area contributed by atoms with E-state index < -0.39 is 0 Å². The third-order valence-electron chi connectivity index (χ3n) is 5.07. The minimum atomic E-state index is 0.0381. The molecule has 4 heterocycles. The second kappa shape index (κ2) is 8.10. The van der Waals surface area contributed by atoms with Crippen LogP contribution in [0.3, 0.4) is 0 Å². The topological polar surface area (TPSA) is 81.4 Å². The fraction of sp³-hybridized carbons (Fsp3) is 0.556. The summed E-state index contributed by atoms with van der Waals surface area (Å²) >= 11 is 4.77. The van der Waals surface area contributed by atoms with Crippen LogP contribution in [0.5, 0.6) is 0 Å². The third kappa shape index (κ3) is 3.83. The number of aryl methyl sites for hydroxylation is 2. The van der Waals surface area contributed by atoms with E-state index in [9.17, 15) is 4.79 Å². The van der Waals surface area contributed by atoms with Crippen molar-refractivity contribution in [2.75, 3.05) is 18.5 Å². The predicted molar refractivity (Wildman–Crippen MR) is 113 cm³/mol. The van der Waals surface area contributed by atoms with Gasteiger partial charge in [-0.05, 0) is 38.5 Å². The average Bonchev–Trinajstić information content (AvgIpc) is 3.43. The first-order chi connectivity index (χ1) is 13.8. The van der Waals surface area contributed by atoms with Gasteiger partial charge in [0.2, 0.25) is 5.13 Å². The summed E-state index contributed by atoms with van der Waals surface area (Å²) in [6.45, 7) is 1.63. The van der Waals surface area contributed by atoms with Crippen molar-refractivity contribution >= 4 is 44.5 Å². The maximum absolute atomic E-state index is 12.6. The molecule has 10 heteroatoms. The molecule has 1 unspecified atom stereocenters. The lowest BCUT2D eigenvalue weighted by Crippen LogP contribution is -2.18. The number of hydrogen-bond donors (Lipinski definition) is 1. The minimum Gasteiger partial charge on any atom is -0.376 e. The van der Waals surface area contributed by atoms with Crippen LogP contribution in [-0.2, 0) is 23.3 Å².